The Balaban J connectivity index is 1.45. The summed E-state index contributed by atoms with van der Waals surface area (Å²) < 4.78 is 3.49. The molecule has 198 valence electrons. The predicted octanol–water partition coefficient (Wildman–Crippen LogP) is 7.02. The van der Waals surface area contributed by atoms with Gasteiger partial charge in [0, 0.05) is 36.7 Å². The van der Waals surface area contributed by atoms with Crippen molar-refractivity contribution >= 4 is 45.0 Å². The maximum Gasteiger partial charge on any atom is 0.265 e. The largest absolute Gasteiger partial charge is 0.493 e. The third kappa shape index (κ3) is 5.64. The average Bonchev–Trinajstić information content (AvgIpc) is 3.30. The lowest BCUT2D eigenvalue weighted by Crippen LogP contribution is -2.03. The summed E-state index contributed by atoms with van der Waals surface area (Å²) in [6.07, 6.45) is -0.429. The zero-order chi connectivity index (χ0) is 27.4. The van der Waals surface area contributed by atoms with E-state index in [0.717, 1.165) is 11.0 Å². The van der Waals surface area contributed by atoms with Gasteiger partial charge in [-0.2, -0.15) is 0 Å². The first-order chi connectivity index (χ1) is 18.2. The number of amides is 2. The minimum atomic E-state index is -0.620. The number of carbonyl (C=O) groups excluding carboxylic acids is 2. The highest BCUT2D eigenvalue weighted by Gasteiger charge is 2.19. The van der Waals surface area contributed by atoms with Crippen LogP contribution in [0.4, 0.5) is 11.4 Å². The summed E-state index contributed by atoms with van der Waals surface area (Å²) in [5, 5.41) is 38.2. The van der Waals surface area contributed by atoms with Gasteiger partial charge in [0.15, 0.2) is 11.4 Å². The molecular formula is C28H32N6O4. The number of para-hydroxylation sites is 2. The van der Waals surface area contributed by atoms with Crippen molar-refractivity contribution in [3.8, 4) is 11.8 Å². The van der Waals surface area contributed by atoms with Gasteiger partial charge in [-0.1, -0.05) is 64.1 Å². The maximum absolute atomic E-state index is 12.3. The van der Waals surface area contributed by atoms with Gasteiger partial charge < -0.3 is 19.3 Å². The molecule has 2 N–H and O–H groups in total. The molecule has 2 amide bonds. The summed E-state index contributed by atoms with van der Waals surface area (Å²) in [5.41, 5.74) is 2.03. The average molecular weight is 517 g/mol. The van der Waals surface area contributed by atoms with Gasteiger partial charge in [0.25, 0.3) is 11.8 Å². The maximum atomic E-state index is 12.3. The predicted molar refractivity (Wildman–Crippen MR) is 145 cm³/mol. The molecule has 0 radical (unpaired) electrons. The summed E-state index contributed by atoms with van der Waals surface area (Å²) in [6, 6.07) is 14.7. The Morgan fingerprint density at radius 1 is 0.684 bits per heavy atom. The molecule has 0 atom stereocenters. The summed E-state index contributed by atoms with van der Waals surface area (Å²) in [5.74, 6) is -0.778. The van der Waals surface area contributed by atoms with Crippen molar-refractivity contribution in [3.63, 3.8) is 0 Å². The van der Waals surface area contributed by atoms with Gasteiger partial charge in [-0.25, -0.2) is 0 Å². The number of aromatic hydroxyl groups is 2. The van der Waals surface area contributed by atoms with Gasteiger partial charge in [-0.3, -0.25) is 9.59 Å². The molecule has 0 saturated carbocycles. The Bertz CT molecular complexity index is 1430. The zero-order valence-electron chi connectivity index (χ0n) is 22.0. The van der Waals surface area contributed by atoms with Crippen LogP contribution in [0.2, 0.25) is 0 Å². The van der Waals surface area contributed by atoms with Crippen LogP contribution < -0.4 is 0 Å². The van der Waals surface area contributed by atoms with Crippen LogP contribution in [0.5, 0.6) is 11.8 Å². The molecule has 0 spiro atoms. The second-order valence-electron chi connectivity index (χ2n) is 10.1. The van der Waals surface area contributed by atoms with Crippen molar-refractivity contribution in [2.45, 2.75) is 53.6 Å². The number of carbonyl (C=O) groups is 2. The van der Waals surface area contributed by atoms with Gasteiger partial charge in [0.05, 0.1) is 11.0 Å². The van der Waals surface area contributed by atoms with E-state index in [4.69, 9.17) is 0 Å². The molecule has 0 aliphatic heterocycles. The summed E-state index contributed by atoms with van der Waals surface area (Å²) in [4.78, 5) is 24.7. The molecule has 0 bridgehead atoms. The Morgan fingerprint density at radius 2 is 1.05 bits per heavy atom. The summed E-state index contributed by atoms with van der Waals surface area (Å²) >= 11 is 0. The minimum absolute atomic E-state index is 0.0576. The van der Waals surface area contributed by atoms with Gasteiger partial charge >= 0.3 is 0 Å². The number of benzene rings is 2. The molecule has 0 fully saturated rings. The molecule has 38 heavy (non-hydrogen) atoms. The standard InChI is InChI=1S/C28H32N6O4/c1-17(2)15-33-21-11-7-5-9-19(21)25(27(33)37)31-29-23(35)13-14-24(36)30-32-26-20-10-6-8-12-22(20)34(28(26)38)16-18(3)4/h5-12,17-18,37-38H,13-16H2,1-4H3. The SMILES string of the molecule is CC(C)Cn1c(O)c(N=NC(=O)CCC(=O)N=Nc2c(O)n(CC(C)C)c3ccccc23)c2ccccc21. The van der Waals surface area contributed by atoms with Crippen molar-refractivity contribution in [1.29, 1.82) is 0 Å². The molecule has 2 aromatic heterocycles. The monoisotopic (exact) mass is 516 g/mol. The van der Waals surface area contributed by atoms with E-state index in [9.17, 15) is 19.8 Å². The van der Waals surface area contributed by atoms with Gasteiger partial charge in [-0.15, -0.1) is 20.5 Å². The molecule has 4 aromatic rings. The number of fused-ring (bicyclic) bond motifs is 2. The van der Waals surface area contributed by atoms with E-state index in [1.54, 1.807) is 9.13 Å². The van der Waals surface area contributed by atoms with E-state index in [1.807, 2.05) is 76.2 Å². The normalized spacial score (nSPS) is 12.3. The smallest absolute Gasteiger partial charge is 0.265 e. The number of rotatable bonds is 9. The molecule has 4 rings (SSSR count). The lowest BCUT2D eigenvalue weighted by molar-refractivity contribution is -0.123. The van der Waals surface area contributed by atoms with Crippen LogP contribution in [0.1, 0.15) is 40.5 Å². The fourth-order valence-electron chi connectivity index (χ4n) is 4.37. The molecule has 2 aromatic carbocycles. The molecular weight excluding hydrogens is 484 g/mol. The number of hydrogen-bond donors (Lipinski definition) is 2. The van der Waals surface area contributed by atoms with Gasteiger partial charge in [-0.05, 0) is 24.0 Å². The van der Waals surface area contributed by atoms with Crippen LogP contribution in [0.25, 0.3) is 21.8 Å². The fourth-order valence-corrected chi connectivity index (χ4v) is 4.37. The summed E-state index contributed by atoms with van der Waals surface area (Å²) in [6.45, 7) is 9.33. The van der Waals surface area contributed by atoms with Crippen LogP contribution in [0.3, 0.4) is 0 Å². The third-order valence-electron chi connectivity index (χ3n) is 6.01. The van der Waals surface area contributed by atoms with E-state index in [0.29, 0.717) is 23.9 Å². The van der Waals surface area contributed by atoms with Crippen LogP contribution in [0.15, 0.2) is 69.0 Å². The minimum Gasteiger partial charge on any atom is -0.493 e. The fraction of sp³-hybridized carbons (Fsp3) is 0.357. The second-order valence-corrected chi connectivity index (χ2v) is 10.1. The third-order valence-corrected chi connectivity index (χ3v) is 6.01. The van der Waals surface area contributed by atoms with E-state index in [2.05, 4.69) is 20.5 Å². The lowest BCUT2D eigenvalue weighted by Gasteiger charge is -2.09. The van der Waals surface area contributed by atoms with Crippen molar-refractivity contribution in [2.24, 2.45) is 32.3 Å². The highest BCUT2D eigenvalue weighted by Crippen LogP contribution is 2.40. The number of aromatic nitrogens is 2. The second kappa shape index (κ2) is 11.4. The topological polar surface area (TPSA) is 134 Å². The van der Waals surface area contributed by atoms with Crippen LogP contribution in [-0.2, 0) is 22.7 Å². The Kier molecular flexibility index (Phi) is 7.99. The first-order valence-electron chi connectivity index (χ1n) is 12.7. The zero-order valence-corrected chi connectivity index (χ0v) is 22.0. The van der Waals surface area contributed by atoms with Crippen molar-refractivity contribution in [3.05, 3.63) is 48.5 Å². The van der Waals surface area contributed by atoms with Crippen molar-refractivity contribution < 1.29 is 19.8 Å². The Hall–Kier alpha value is -4.34. The van der Waals surface area contributed by atoms with E-state index in [1.165, 1.54) is 0 Å². The first-order valence-corrected chi connectivity index (χ1v) is 12.7. The van der Waals surface area contributed by atoms with Crippen LogP contribution in [0, 0.1) is 11.8 Å². The van der Waals surface area contributed by atoms with E-state index < -0.39 is 11.8 Å². The van der Waals surface area contributed by atoms with Crippen molar-refractivity contribution in [1.82, 2.24) is 9.13 Å². The molecule has 10 nitrogen and oxygen atoms in total. The molecule has 0 aliphatic carbocycles. The molecule has 0 saturated heterocycles. The van der Waals surface area contributed by atoms with Crippen molar-refractivity contribution in [2.75, 3.05) is 0 Å². The summed E-state index contributed by atoms with van der Waals surface area (Å²) in [7, 11) is 0. The molecule has 0 aliphatic rings. The number of azo groups is 2. The van der Waals surface area contributed by atoms with Crippen LogP contribution in [-0.4, -0.2) is 31.2 Å². The van der Waals surface area contributed by atoms with Crippen LogP contribution >= 0.6 is 0 Å². The number of hydrogen-bond acceptors (Lipinski definition) is 6. The Morgan fingerprint density at radius 3 is 1.42 bits per heavy atom. The highest BCUT2D eigenvalue weighted by molar-refractivity contribution is 5.96. The lowest BCUT2D eigenvalue weighted by atomic mass is 10.2. The molecule has 10 heteroatoms. The molecule has 2 heterocycles. The quantitative estimate of drug-likeness (QED) is 0.231. The highest BCUT2D eigenvalue weighted by atomic mass is 16.3. The van der Waals surface area contributed by atoms with E-state index in [-0.39, 0.29) is 47.8 Å². The van der Waals surface area contributed by atoms with Gasteiger partial charge in [0.1, 0.15) is 0 Å². The number of nitrogens with zero attached hydrogens (tertiary/aromatic N) is 6. The van der Waals surface area contributed by atoms with Gasteiger partial charge in [0.2, 0.25) is 11.8 Å². The first kappa shape index (κ1) is 26.7. The Labute approximate surface area is 220 Å². The van der Waals surface area contributed by atoms with E-state index >= 15 is 0 Å². The molecule has 0 unspecified atom stereocenters.